The molecule has 4 rings (SSSR count). The first-order valence-corrected chi connectivity index (χ1v) is 8.79. The van der Waals surface area contributed by atoms with E-state index in [2.05, 4.69) is 25.7 Å². The summed E-state index contributed by atoms with van der Waals surface area (Å²) in [7, 11) is 0. The standard InChI is InChI=1S/C16H12ClN7S/c17-12-5-4-8-14(9-12)23-11-18-20-16(23)25-10-15-19-21-22-24(15)13-6-2-1-3-7-13/h1-9,11H,10H2. The van der Waals surface area contributed by atoms with Crippen LogP contribution in [0.2, 0.25) is 5.02 Å². The van der Waals surface area contributed by atoms with Crippen molar-refractivity contribution in [3.05, 3.63) is 71.8 Å². The van der Waals surface area contributed by atoms with Crippen molar-refractivity contribution in [3.63, 3.8) is 0 Å². The molecule has 0 atom stereocenters. The Morgan fingerprint density at radius 2 is 1.80 bits per heavy atom. The summed E-state index contributed by atoms with van der Waals surface area (Å²) in [5.41, 5.74) is 1.82. The Kier molecular flexibility index (Phi) is 4.45. The highest BCUT2D eigenvalue weighted by molar-refractivity contribution is 7.98. The van der Waals surface area contributed by atoms with Crippen molar-refractivity contribution in [3.8, 4) is 11.4 Å². The molecular weight excluding hydrogens is 358 g/mol. The van der Waals surface area contributed by atoms with Crippen molar-refractivity contribution in [1.82, 2.24) is 35.0 Å². The maximum absolute atomic E-state index is 6.07. The summed E-state index contributed by atoms with van der Waals surface area (Å²) in [6, 6.07) is 17.3. The molecule has 7 nitrogen and oxygen atoms in total. The lowest BCUT2D eigenvalue weighted by Gasteiger charge is -2.07. The minimum absolute atomic E-state index is 0.557. The SMILES string of the molecule is Clc1cccc(-n2cnnc2SCc2nnnn2-c2ccccc2)c1. The van der Waals surface area contributed by atoms with Crippen LogP contribution in [-0.4, -0.2) is 35.0 Å². The molecule has 0 radical (unpaired) electrons. The highest BCUT2D eigenvalue weighted by Gasteiger charge is 2.12. The number of aromatic nitrogens is 7. The van der Waals surface area contributed by atoms with Gasteiger partial charge in [-0.15, -0.1) is 15.3 Å². The summed E-state index contributed by atoms with van der Waals surface area (Å²) >= 11 is 7.57. The average molecular weight is 370 g/mol. The molecule has 2 aromatic heterocycles. The van der Waals surface area contributed by atoms with Crippen LogP contribution < -0.4 is 0 Å². The summed E-state index contributed by atoms with van der Waals surface area (Å²) in [6.07, 6.45) is 1.66. The van der Waals surface area contributed by atoms with Crippen molar-refractivity contribution in [2.24, 2.45) is 0 Å². The fourth-order valence-electron chi connectivity index (χ4n) is 2.32. The van der Waals surface area contributed by atoms with Gasteiger partial charge in [-0.2, -0.15) is 4.68 Å². The number of para-hydroxylation sites is 1. The number of hydrogen-bond acceptors (Lipinski definition) is 6. The Labute approximate surface area is 152 Å². The maximum atomic E-state index is 6.07. The number of tetrazole rings is 1. The van der Waals surface area contributed by atoms with Crippen LogP contribution in [0.1, 0.15) is 5.82 Å². The van der Waals surface area contributed by atoms with E-state index in [0.29, 0.717) is 10.8 Å². The van der Waals surface area contributed by atoms with E-state index in [1.54, 1.807) is 11.0 Å². The Bertz CT molecular complexity index is 983. The molecule has 0 aliphatic heterocycles. The van der Waals surface area contributed by atoms with E-state index in [0.717, 1.165) is 22.4 Å². The van der Waals surface area contributed by atoms with Crippen molar-refractivity contribution < 1.29 is 0 Å². The maximum Gasteiger partial charge on any atom is 0.196 e. The molecule has 4 aromatic rings. The van der Waals surface area contributed by atoms with E-state index in [-0.39, 0.29) is 0 Å². The van der Waals surface area contributed by atoms with Gasteiger partial charge in [0.1, 0.15) is 6.33 Å². The first-order valence-electron chi connectivity index (χ1n) is 7.43. The number of nitrogens with zero attached hydrogens (tertiary/aromatic N) is 7. The summed E-state index contributed by atoms with van der Waals surface area (Å²) < 4.78 is 3.60. The third-order valence-corrected chi connectivity index (χ3v) is 4.64. The first-order chi connectivity index (χ1) is 12.3. The molecule has 0 aliphatic rings. The van der Waals surface area contributed by atoms with Crippen LogP contribution >= 0.6 is 23.4 Å². The molecule has 0 N–H and O–H groups in total. The smallest absolute Gasteiger partial charge is 0.196 e. The highest BCUT2D eigenvalue weighted by atomic mass is 35.5. The molecule has 0 spiro atoms. The second kappa shape index (κ2) is 7.04. The van der Waals surface area contributed by atoms with E-state index in [1.165, 1.54) is 11.8 Å². The van der Waals surface area contributed by atoms with Crippen LogP contribution in [0.15, 0.2) is 66.1 Å². The van der Waals surface area contributed by atoms with Gasteiger partial charge in [-0.25, -0.2) is 0 Å². The topological polar surface area (TPSA) is 74.3 Å². The van der Waals surface area contributed by atoms with Gasteiger partial charge >= 0.3 is 0 Å². The lowest BCUT2D eigenvalue weighted by atomic mass is 10.3. The van der Waals surface area contributed by atoms with Gasteiger partial charge < -0.3 is 0 Å². The molecule has 2 aromatic carbocycles. The summed E-state index contributed by atoms with van der Waals surface area (Å²) in [5.74, 6) is 1.29. The average Bonchev–Trinajstić information content (AvgIpc) is 3.30. The second-order valence-corrected chi connectivity index (χ2v) is 6.47. The van der Waals surface area contributed by atoms with Gasteiger partial charge in [0.25, 0.3) is 0 Å². The van der Waals surface area contributed by atoms with Crippen LogP contribution in [0, 0.1) is 0 Å². The van der Waals surface area contributed by atoms with Gasteiger partial charge in [0, 0.05) is 5.02 Å². The monoisotopic (exact) mass is 369 g/mol. The molecule has 0 aliphatic carbocycles. The summed E-state index contributed by atoms with van der Waals surface area (Å²) in [6.45, 7) is 0. The number of rotatable bonds is 5. The van der Waals surface area contributed by atoms with Gasteiger partial charge in [-0.3, -0.25) is 4.57 Å². The Morgan fingerprint density at radius 3 is 2.64 bits per heavy atom. The second-order valence-electron chi connectivity index (χ2n) is 5.09. The molecule has 0 fully saturated rings. The number of halogens is 1. The predicted molar refractivity (Wildman–Crippen MR) is 95.1 cm³/mol. The molecule has 0 saturated carbocycles. The largest absolute Gasteiger partial charge is 0.277 e. The third-order valence-electron chi connectivity index (χ3n) is 3.47. The predicted octanol–water partition coefficient (Wildman–Crippen LogP) is 3.19. The number of hydrogen-bond donors (Lipinski definition) is 0. The number of benzene rings is 2. The van der Waals surface area contributed by atoms with Gasteiger partial charge in [0.05, 0.1) is 17.1 Å². The van der Waals surface area contributed by atoms with Gasteiger partial charge in [-0.05, 0) is 40.8 Å². The van der Waals surface area contributed by atoms with Gasteiger partial charge in [0.15, 0.2) is 11.0 Å². The van der Waals surface area contributed by atoms with Crippen LogP contribution in [0.4, 0.5) is 0 Å². The van der Waals surface area contributed by atoms with Gasteiger partial charge in [-0.1, -0.05) is 47.6 Å². The zero-order valence-electron chi connectivity index (χ0n) is 12.9. The highest BCUT2D eigenvalue weighted by Crippen LogP contribution is 2.24. The van der Waals surface area contributed by atoms with Crippen molar-refractivity contribution in [2.75, 3.05) is 0 Å². The first kappa shape index (κ1) is 15.8. The Balaban J connectivity index is 1.56. The van der Waals surface area contributed by atoms with Crippen LogP contribution in [0.3, 0.4) is 0 Å². The van der Waals surface area contributed by atoms with E-state index >= 15 is 0 Å². The Morgan fingerprint density at radius 1 is 0.960 bits per heavy atom. The molecule has 9 heteroatoms. The van der Waals surface area contributed by atoms with E-state index in [9.17, 15) is 0 Å². The minimum Gasteiger partial charge on any atom is -0.277 e. The molecule has 25 heavy (non-hydrogen) atoms. The number of thioether (sulfide) groups is 1. The third kappa shape index (κ3) is 3.40. The fourth-order valence-corrected chi connectivity index (χ4v) is 3.34. The van der Waals surface area contributed by atoms with Gasteiger partial charge in [0.2, 0.25) is 0 Å². The van der Waals surface area contributed by atoms with E-state index < -0.39 is 0 Å². The molecule has 0 amide bonds. The summed E-state index contributed by atoms with van der Waals surface area (Å²) in [5, 5.41) is 21.5. The summed E-state index contributed by atoms with van der Waals surface area (Å²) in [4.78, 5) is 0. The normalized spacial score (nSPS) is 10.9. The van der Waals surface area contributed by atoms with E-state index in [4.69, 9.17) is 11.6 Å². The minimum atomic E-state index is 0.557. The van der Waals surface area contributed by atoms with Crippen molar-refractivity contribution in [1.29, 1.82) is 0 Å². The molecule has 0 bridgehead atoms. The molecule has 0 saturated heterocycles. The molecule has 2 heterocycles. The van der Waals surface area contributed by atoms with Crippen molar-refractivity contribution >= 4 is 23.4 Å². The van der Waals surface area contributed by atoms with Crippen LogP contribution in [0.5, 0.6) is 0 Å². The Hall–Kier alpha value is -2.71. The molecular formula is C16H12ClN7S. The lowest BCUT2D eigenvalue weighted by Crippen LogP contribution is -2.02. The van der Waals surface area contributed by atoms with Crippen molar-refractivity contribution in [2.45, 2.75) is 10.9 Å². The van der Waals surface area contributed by atoms with E-state index in [1.807, 2.05) is 59.2 Å². The van der Waals surface area contributed by atoms with Crippen LogP contribution in [0.25, 0.3) is 11.4 Å². The quantitative estimate of drug-likeness (QED) is 0.503. The fraction of sp³-hybridized carbons (Fsp3) is 0.0625. The van der Waals surface area contributed by atoms with Crippen LogP contribution in [-0.2, 0) is 5.75 Å². The zero-order chi connectivity index (χ0) is 17.1. The lowest BCUT2D eigenvalue weighted by molar-refractivity contribution is 0.777. The molecule has 0 unspecified atom stereocenters. The molecule has 124 valence electrons. The zero-order valence-corrected chi connectivity index (χ0v) is 14.5.